The lowest BCUT2D eigenvalue weighted by molar-refractivity contribution is -0.0430. The van der Waals surface area contributed by atoms with Crippen molar-refractivity contribution in [2.24, 2.45) is 0 Å². The van der Waals surface area contributed by atoms with Gasteiger partial charge in [-0.25, -0.2) is 4.98 Å². The van der Waals surface area contributed by atoms with Crippen molar-refractivity contribution in [3.8, 4) is 17.6 Å². The standard InChI is InChI=1S/C17H17BrN4O3/c1-10-7-14(17(23)22(21-10)15-5-3-4-6-24-15)25-16-11(2)20-12(9-19)8-13(16)18/h7-8,15H,3-6H2,1-2H3. The highest BCUT2D eigenvalue weighted by Gasteiger charge is 2.21. The maximum absolute atomic E-state index is 12.8. The van der Waals surface area contributed by atoms with Gasteiger partial charge in [0.1, 0.15) is 11.8 Å². The number of pyridine rings is 1. The quantitative estimate of drug-likeness (QED) is 0.778. The summed E-state index contributed by atoms with van der Waals surface area (Å²) in [7, 11) is 0. The number of ether oxygens (including phenoxy) is 2. The Hall–Kier alpha value is -2.24. The average molecular weight is 405 g/mol. The molecule has 0 aliphatic carbocycles. The third-order valence-electron chi connectivity index (χ3n) is 3.88. The van der Waals surface area contributed by atoms with Gasteiger partial charge in [0, 0.05) is 12.7 Å². The van der Waals surface area contributed by atoms with Gasteiger partial charge in [0.25, 0.3) is 0 Å². The topological polar surface area (TPSA) is 90.0 Å². The van der Waals surface area contributed by atoms with E-state index >= 15 is 0 Å². The molecule has 25 heavy (non-hydrogen) atoms. The van der Waals surface area contributed by atoms with Crippen LogP contribution in [-0.2, 0) is 4.74 Å². The van der Waals surface area contributed by atoms with E-state index in [2.05, 4.69) is 26.0 Å². The summed E-state index contributed by atoms with van der Waals surface area (Å²) in [6.45, 7) is 4.13. The molecule has 7 nitrogen and oxygen atoms in total. The molecule has 1 aliphatic rings. The van der Waals surface area contributed by atoms with Crippen LogP contribution in [0.3, 0.4) is 0 Å². The summed E-state index contributed by atoms with van der Waals surface area (Å²) < 4.78 is 13.4. The normalized spacial score (nSPS) is 17.1. The van der Waals surface area contributed by atoms with Crippen LogP contribution in [0.5, 0.6) is 11.5 Å². The molecule has 2 aromatic heterocycles. The van der Waals surface area contributed by atoms with Crippen molar-refractivity contribution >= 4 is 15.9 Å². The van der Waals surface area contributed by atoms with Crippen LogP contribution in [0.4, 0.5) is 0 Å². The summed E-state index contributed by atoms with van der Waals surface area (Å²) in [6, 6.07) is 5.13. The van der Waals surface area contributed by atoms with E-state index in [0.29, 0.717) is 28.2 Å². The number of hydrogen-bond acceptors (Lipinski definition) is 6. The second kappa shape index (κ2) is 7.33. The highest BCUT2D eigenvalue weighted by Crippen LogP contribution is 2.32. The van der Waals surface area contributed by atoms with Crippen molar-refractivity contribution in [1.29, 1.82) is 5.26 Å². The van der Waals surface area contributed by atoms with Gasteiger partial charge >= 0.3 is 5.56 Å². The van der Waals surface area contributed by atoms with E-state index in [0.717, 1.165) is 19.3 Å². The van der Waals surface area contributed by atoms with Crippen LogP contribution in [0.2, 0.25) is 0 Å². The SMILES string of the molecule is Cc1cc(Oc2c(Br)cc(C#N)nc2C)c(=O)n(C2CCCCO2)n1. The van der Waals surface area contributed by atoms with Crippen LogP contribution in [-0.4, -0.2) is 21.4 Å². The van der Waals surface area contributed by atoms with Gasteiger partial charge < -0.3 is 9.47 Å². The first kappa shape index (κ1) is 17.6. The minimum absolute atomic E-state index is 0.150. The summed E-state index contributed by atoms with van der Waals surface area (Å²) in [6.07, 6.45) is 2.36. The Kier molecular flexibility index (Phi) is 5.16. The molecule has 0 N–H and O–H groups in total. The Labute approximate surface area is 153 Å². The van der Waals surface area contributed by atoms with Crippen LogP contribution in [0.15, 0.2) is 21.4 Å². The van der Waals surface area contributed by atoms with Gasteiger partial charge in [-0.1, -0.05) is 0 Å². The fraction of sp³-hybridized carbons (Fsp3) is 0.412. The van der Waals surface area contributed by atoms with Gasteiger partial charge in [0.05, 0.1) is 15.9 Å². The van der Waals surface area contributed by atoms with Crippen molar-refractivity contribution in [2.75, 3.05) is 6.61 Å². The van der Waals surface area contributed by atoms with Crippen molar-refractivity contribution in [3.63, 3.8) is 0 Å². The minimum Gasteiger partial charge on any atom is -0.448 e. The zero-order valence-corrected chi connectivity index (χ0v) is 15.5. The zero-order valence-electron chi connectivity index (χ0n) is 14.0. The summed E-state index contributed by atoms with van der Waals surface area (Å²) in [5, 5.41) is 13.3. The highest BCUT2D eigenvalue weighted by atomic mass is 79.9. The molecular formula is C17H17BrN4O3. The number of nitriles is 1. The monoisotopic (exact) mass is 404 g/mol. The third kappa shape index (κ3) is 3.72. The molecule has 130 valence electrons. The first-order valence-corrected chi connectivity index (χ1v) is 8.76. The predicted octanol–water partition coefficient (Wildman–Crippen LogP) is 3.38. The number of nitrogens with zero attached hydrogens (tertiary/aromatic N) is 4. The van der Waals surface area contributed by atoms with E-state index in [1.54, 1.807) is 26.0 Å². The number of aromatic nitrogens is 3. The molecule has 1 fully saturated rings. The fourth-order valence-electron chi connectivity index (χ4n) is 2.71. The first-order valence-electron chi connectivity index (χ1n) is 7.96. The number of rotatable bonds is 3. The molecule has 0 spiro atoms. The molecule has 1 aliphatic heterocycles. The number of hydrogen-bond donors (Lipinski definition) is 0. The Morgan fingerprint density at radius 3 is 2.84 bits per heavy atom. The Morgan fingerprint density at radius 1 is 1.40 bits per heavy atom. The van der Waals surface area contributed by atoms with Gasteiger partial charge in [0.2, 0.25) is 0 Å². The van der Waals surface area contributed by atoms with E-state index < -0.39 is 0 Å². The second-order valence-electron chi connectivity index (χ2n) is 5.84. The van der Waals surface area contributed by atoms with Gasteiger partial charge in [0.15, 0.2) is 17.7 Å². The smallest absolute Gasteiger partial charge is 0.312 e. The summed E-state index contributed by atoms with van der Waals surface area (Å²) in [4.78, 5) is 16.9. The van der Waals surface area contributed by atoms with Crippen LogP contribution in [0.25, 0.3) is 0 Å². The summed E-state index contributed by atoms with van der Waals surface area (Å²) in [5.41, 5.74) is 1.09. The predicted molar refractivity (Wildman–Crippen MR) is 93.5 cm³/mol. The molecule has 1 atom stereocenters. The molecule has 0 saturated carbocycles. The number of halogens is 1. The molecule has 2 aromatic rings. The molecule has 0 aromatic carbocycles. The lowest BCUT2D eigenvalue weighted by atomic mass is 10.2. The molecule has 1 saturated heterocycles. The molecule has 3 heterocycles. The maximum Gasteiger partial charge on any atom is 0.312 e. The molecular weight excluding hydrogens is 388 g/mol. The first-order chi connectivity index (χ1) is 12.0. The highest BCUT2D eigenvalue weighted by molar-refractivity contribution is 9.10. The molecule has 8 heteroatoms. The maximum atomic E-state index is 12.8. The third-order valence-corrected chi connectivity index (χ3v) is 4.47. The van der Waals surface area contributed by atoms with E-state index in [4.69, 9.17) is 14.7 Å². The minimum atomic E-state index is -0.368. The lowest BCUT2D eigenvalue weighted by Crippen LogP contribution is -2.32. The lowest BCUT2D eigenvalue weighted by Gasteiger charge is -2.24. The van der Waals surface area contributed by atoms with Crippen LogP contribution in [0, 0.1) is 25.2 Å². The van der Waals surface area contributed by atoms with E-state index in [9.17, 15) is 4.79 Å². The van der Waals surface area contributed by atoms with Crippen LogP contribution in [0.1, 0.15) is 42.6 Å². The Balaban J connectivity index is 2.00. The van der Waals surface area contributed by atoms with Gasteiger partial charge in [-0.2, -0.15) is 15.0 Å². The van der Waals surface area contributed by atoms with Gasteiger partial charge in [-0.3, -0.25) is 4.79 Å². The fourth-order valence-corrected chi connectivity index (χ4v) is 3.29. The molecule has 0 amide bonds. The molecule has 0 bridgehead atoms. The Bertz CT molecular complexity index is 875. The van der Waals surface area contributed by atoms with Crippen molar-refractivity contribution in [1.82, 2.24) is 14.8 Å². The van der Waals surface area contributed by atoms with E-state index in [1.165, 1.54) is 4.68 Å². The van der Waals surface area contributed by atoms with Crippen molar-refractivity contribution in [3.05, 3.63) is 44.0 Å². The largest absolute Gasteiger partial charge is 0.448 e. The van der Waals surface area contributed by atoms with Crippen molar-refractivity contribution < 1.29 is 9.47 Å². The Morgan fingerprint density at radius 2 is 2.20 bits per heavy atom. The average Bonchev–Trinajstić information content (AvgIpc) is 2.61. The van der Waals surface area contributed by atoms with Gasteiger partial charge in [-0.15, -0.1) is 0 Å². The second-order valence-corrected chi connectivity index (χ2v) is 6.69. The molecule has 3 rings (SSSR count). The van der Waals surface area contributed by atoms with Crippen molar-refractivity contribution in [2.45, 2.75) is 39.3 Å². The molecule has 0 radical (unpaired) electrons. The summed E-state index contributed by atoms with van der Waals surface area (Å²) >= 11 is 3.37. The van der Waals surface area contributed by atoms with E-state index in [1.807, 2.05) is 6.07 Å². The number of aryl methyl sites for hydroxylation is 2. The van der Waals surface area contributed by atoms with Crippen LogP contribution >= 0.6 is 15.9 Å². The zero-order chi connectivity index (χ0) is 18.0. The van der Waals surface area contributed by atoms with Crippen LogP contribution < -0.4 is 10.3 Å². The molecule has 1 unspecified atom stereocenters. The summed E-state index contributed by atoms with van der Waals surface area (Å²) in [5.74, 6) is 0.551. The van der Waals surface area contributed by atoms with Gasteiger partial charge in [-0.05, 0) is 55.1 Å². The van der Waals surface area contributed by atoms with E-state index in [-0.39, 0.29) is 23.2 Å².